The van der Waals surface area contributed by atoms with Gasteiger partial charge in [0.15, 0.2) is 0 Å². The average Bonchev–Trinajstić information content (AvgIpc) is 3.13. The summed E-state index contributed by atoms with van der Waals surface area (Å²) in [4.78, 5) is 9.02. The number of rotatable bonds is 5. The molecule has 1 aliphatic carbocycles. The van der Waals surface area contributed by atoms with Gasteiger partial charge in [-0.1, -0.05) is 12.5 Å². The molecule has 1 N–H and O–H groups in total. The highest BCUT2D eigenvalue weighted by atomic mass is 16.5. The Balaban J connectivity index is 1.37. The molecular weight excluding hydrogens is 288 g/mol. The maximum absolute atomic E-state index is 5.91. The molecule has 5 heteroatoms. The highest BCUT2D eigenvalue weighted by Gasteiger charge is 2.32. The van der Waals surface area contributed by atoms with Gasteiger partial charge in [0.1, 0.15) is 17.7 Å². The standard InChI is InChI=1S/C18H24N4O/c1-22-9-8-19-18(22)17-15(7-10-23-17)12-21-16-6-5-14(11-20-16)13-3-2-4-13/h5-6,8-9,11,13,15,17H,2-4,7,10,12H2,1H3,(H,20,21)/t15-,17+/m0/s1. The molecule has 0 spiro atoms. The lowest BCUT2D eigenvalue weighted by atomic mass is 9.81. The Morgan fingerprint density at radius 3 is 2.83 bits per heavy atom. The monoisotopic (exact) mass is 312 g/mol. The van der Waals surface area contributed by atoms with Gasteiger partial charge in [-0.05, 0) is 36.8 Å². The fourth-order valence-electron chi connectivity index (χ4n) is 3.51. The Labute approximate surface area is 137 Å². The largest absolute Gasteiger partial charge is 0.370 e. The van der Waals surface area contributed by atoms with Gasteiger partial charge >= 0.3 is 0 Å². The molecule has 2 aromatic heterocycles. The molecule has 2 fully saturated rings. The van der Waals surface area contributed by atoms with Gasteiger partial charge in [0.25, 0.3) is 0 Å². The molecule has 1 saturated heterocycles. The third-order valence-corrected chi connectivity index (χ3v) is 5.24. The summed E-state index contributed by atoms with van der Waals surface area (Å²) in [6.45, 7) is 1.67. The molecule has 3 heterocycles. The van der Waals surface area contributed by atoms with Crippen LogP contribution in [0.4, 0.5) is 5.82 Å². The van der Waals surface area contributed by atoms with Gasteiger partial charge in [-0.3, -0.25) is 0 Å². The molecule has 4 rings (SSSR count). The molecule has 1 saturated carbocycles. The number of aryl methyl sites for hydroxylation is 1. The molecule has 0 unspecified atom stereocenters. The second kappa shape index (κ2) is 6.32. The number of hydrogen-bond acceptors (Lipinski definition) is 4. The van der Waals surface area contributed by atoms with Gasteiger partial charge in [0.05, 0.1) is 0 Å². The van der Waals surface area contributed by atoms with Gasteiger partial charge < -0.3 is 14.6 Å². The molecule has 0 aromatic carbocycles. The van der Waals surface area contributed by atoms with Crippen molar-refractivity contribution in [2.24, 2.45) is 13.0 Å². The van der Waals surface area contributed by atoms with Crippen molar-refractivity contribution in [2.45, 2.75) is 37.7 Å². The van der Waals surface area contributed by atoms with Crippen molar-refractivity contribution in [3.8, 4) is 0 Å². The van der Waals surface area contributed by atoms with Gasteiger partial charge in [-0.2, -0.15) is 0 Å². The zero-order valence-corrected chi connectivity index (χ0v) is 13.6. The highest BCUT2D eigenvalue weighted by Crippen LogP contribution is 2.36. The van der Waals surface area contributed by atoms with E-state index in [1.54, 1.807) is 0 Å². The normalized spacial score (nSPS) is 24.6. The summed E-state index contributed by atoms with van der Waals surface area (Å²) in [5, 5.41) is 3.47. The van der Waals surface area contributed by atoms with Crippen LogP contribution in [-0.2, 0) is 11.8 Å². The van der Waals surface area contributed by atoms with Crippen LogP contribution in [0, 0.1) is 5.92 Å². The predicted molar refractivity (Wildman–Crippen MR) is 89.3 cm³/mol. The molecule has 0 amide bonds. The molecule has 0 bridgehead atoms. The quantitative estimate of drug-likeness (QED) is 0.920. The summed E-state index contributed by atoms with van der Waals surface area (Å²) < 4.78 is 7.96. The van der Waals surface area contributed by atoms with Crippen molar-refractivity contribution < 1.29 is 4.74 Å². The summed E-state index contributed by atoms with van der Waals surface area (Å²) in [6.07, 6.45) is 11.0. The number of imidazole rings is 1. The number of nitrogens with one attached hydrogen (secondary N) is 1. The molecule has 2 aromatic rings. The van der Waals surface area contributed by atoms with Gasteiger partial charge in [-0.25, -0.2) is 9.97 Å². The third kappa shape index (κ3) is 2.98. The Morgan fingerprint density at radius 2 is 2.17 bits per heavy atom. The second-order valence-corrected chi connectivity index (χ2v) is 6.72. The van der Waals surface area contributed by atoms with E-state index in [0.29, 0.717) is 5.92 Å². The Bertz CT molecular complexity index is 647. The van der Waals surface area contributed by atoms with Crippen molar-refractivity contribution in [2.75, 3.05) is 18.5 Å². The third-order valence-electron chi connectivity index (χ3n) is 5.24. The Hall–Kier alpha value is -1.88. The van der Waals surface area contributed by atoms with Crippen LogP contribution in [0.5, 0.6) is 0 Å². The van der Waals surface area contributed by atoms with Crippen LogP contribution in [0.25, 0.3) is 0 Å². The van der Waals surface area contributed by atoms with E-state index in [9.17, 15) is 0 Å². The van der Waals surface area contributed by atoms with Gasteiger partial charge in [-0.15, -0.1) is 0 Å². The van der Waals surface area contributed by atoms with E-state index in [0.717, 1.165) is 37.1 Å². The fraction of sp³-hybridized carbons (Fsp3) is 0.556. The number of anilines is 1. The highest BCUT2D eigenvalue weighted by molar-refractivity contribution is 5.36. The van der Waals surface area contributed by atoms with E-state index in [1.807, 2.05) is 25.6 Å². The molecule has 2 aliphatic rings. The maximum atomic E-state index is 5.91. The summed E-state index contributed by atoms with van der Waals surface area (Å²) in [5.41, 5.74) is 1.39. The summed E-state index contributed by atoms with van der Waals surface area (Å²) >= 11 is 0. The van der Waals surface area contributed by atoms with E-state index in [2.05, 4.69) is 32.0 Å². The van der Waals surface area contributed by atoms with Crippen LogP contribution >= 0.6 is 0 Å². The summed E-state index contributed by atoms with van der Waals surface area (Å²) in [7, 11) is 2.02. The second-order valence-electron chi connectivity index (χ2n) is 6.72. The molecule has 0 radical (unpaired) electrons. The number of nitrogens with zero attached hydrogens (tertiary/aromatic N) is 3. The van der Waals surface area contributed by atoms with Crippen LogP contribution in [0.3, 0.4) is 0 Å². The molecule has 122 valence electrons. The van der Waals surface area contributed by atoms with Crippen LogP contribution in [0.2, 0.25) is 0 Å². The molecular formula is C18H24N4O. The lowest BCUT2D eigenvalue weighted by Gasteiger charge is -2.25. The fourth-order valence-corrected chi connectivity index (χ4v) is 3.51. The van der Waals surface area contributed by atoms with E-state index < -0.39 is 0 Å². The minimum atomic E-state index is 0.0803. The van der Waals surface area contributed by atoms with Crippen molar-refractivity contribution in [3.63, 3.8) is 0 Å². The molecule has 5 nitrogen and oxygen atoms in total. The number of hydrogen-bond donors (Lipinski definition) is 1. The van der Waals surface area contributed by atoms with Crippen LogP contribution < -0.4 is 5.32 Å². The van der Waals surface area contributed by atoms with Crippen molar-refractivity contribution in [1.82, 2.24) is 14.5 Å². The first-order valence-corrected chi connectivity index (χ1v) is 8.60. The van der Waals surface area contributed by atoms with Crippen LogP contribution in [-0.4, -0.2) is 27.7 Å². The predicted octanol–water partition coefficient (Wildman–Crippen LogP) is 3.27. The first-order chi connectivity index (χ1) is 11.3. The number of aromatic nitrogens is 3. The van der Waals surface area contributed by atoms with E-state index in [4.69, 9.17) is 4.74 Å². The minimum Gasteiger partial charge on any atom is -0.370 e. The minimum absolute atomic E-state index is 0.0803. The zero-order chi connectivity index (χ0) is 15.6. The van der Waals surface area contributed by atoms with E-state index >= 15 is 0 Å². The summed E-state index contributed by atoms with van der Waals surface area (Å²) in [6, 6.07) is 4.33. The summed E-state index contributed by atoms with van der Waals surface area (Å²) in [5.74, 6) is 3.15. The smallest absolute Gasteiger partial charge is 0.138 e. The zero-order valence-electron chi connectivity index (χ0n) is 13.6. The van der Waals surface area contributed by atoms with E-state index in [-0.39, 0.29) is 6.10 Å². The molecule has 1 aliphatic heterocycles. The molecule has 23 heavy (non-hydrogen) atoms. The topological polar surface area (TPSA) is 52.0 Å². The van der Waals surface area contributed by atoms with Crippen molar-refractivity contribution in [3.05, 3.63) is 42.1 Å². The van der Waals surface area contributed by atoms with Crippen molar-refractivity contribution >= 4 is 5.82 Å². The lowest BCUT2D eigenvalue weighted by Crippen LogP contribution is -2.20. The van der Waals surface area contributed by atoms with E-state index in [1.165, 1.54) is 24.8 Å². The first kappa shape index (κ1) is 14.7. The Kier molecular flexibility index (Phi) is 4.04. The SMILES string of the molecule is Cn1ccnc1[C@@H]1OCC[C@H]1CNc1ccc(C2CCC2)cn1. The Morgan fingerprint density at radius 1 is 1.26 bits per heavy atom. The number of ether oxygens (including phenoxy) is 1. The van der Waals surface area contributed by atoms with Gasteiger partial charge in [0.2, 0.25) is 0 Å². The average molecular weight is 312 g/mol. The molecule has 2 atom stereocenters. The lowest BCUT2D eigenvalue weighted by molar-refractivity contribution is 0.0839. The van der Waals surface area contributed by atoms with Gasteiger partial charge in [0, 0.05) is 44.7 Å². The van der Waals surface area contributed by atoms with Crippen LogP contribution in [0.15, 0.2) is 30.7 Å². The number of pyridine rings is 1. The maximum Gasteiger partial charge on any atom is 0.138 e. The van der Waals surface area contributed by atoms with Crippen LogP contribution in [0.1, 0.15) is 49.1 Å². The van der Waals surface area contributed by atoms with Crippen molar-refractivity contribution in [1.29, 1.82) is 0 Å². The first-order valence-electron chi connectivity index (χ1n) is 8.60.